The molecule has 3 nitrogen and oxygen atoms in total. The molecule has 0 saturated carbocycles. The van der Waals surface area contributed by atoms with Crippen LogP contribution in [-0.2, 0) is 0 Å². The van der Waals surface area contributed by atoms with E-state index in [1.54, 1.807) is 6.34 Å². The molecule has 5 heteroatoms. The van der Waals surface area contributed by atoms with E-state index in [0.717, 1.165) is 0 Å². The molecule has 9 heavy (non-hydrogen) atoms. The SMILES string of the molecule is C[C@@H]1N(Cl)C=NCN1Cl. The average Bonchev–Trinajstić information content (AvgIpc) is 1.83. The van der Waals surface area contributed by atoms with Crippen LogP contribution in [0.4, 0.5) is 0 Å². The Hall–Kier alpha value is 0.01000. The number of nitrogens with zero attached hydrogens (tertiary/aromatic N) is 3. The van der Waals surface area contributed by atoms with Gasteiger partial charge in [-0.25, -0.2) is 0 Å². The lowest BCUT2D eigenvalue weighted by atomic mass is 10.5. The molecule has 0 aromatic heterocycles. The lowest BCUT2D eigenvalue weighted by molar-refractivity contribution is 0.260. The number of aliphatic imine (C=N–C) groups is 1. The molecule has 1 aliphatic heterocycles. The van der Waals surface area contributed by atoms with Crippen LogP contribution in [0.1, 0.15) is 6.92 Å². The molecule has 1 atom stereocenters. The third-order valence-corrected chi connectivity index (χ3v) is 1.93. The molecule has 0 unspecified atom stereocenters. The number of rotatable bonds is 0. The maximum absolute atomic E-state index is 5.66. The molecule has 0 N–H and O–H groups in total. The highest BCUT2D eigenvalue weighted by Gasteiger charge is 2.18. The Kier molecular flexibility index (Phi) is 2.16. The molecule has 0 aliphatic carbocycles. The Balaban J connectivity index is 2.58. The summed E-state index contributed by atoms with van der Waals surface area (Å²) in [7, 11) is 0. The maximum atomic E-state index is 5.66. The van der Waals surface area contributed by atoms with Crippen LogP contribution in [0.2, 0.25) is 0 Å². The summed E-state index contributed by atoms with van der Waals surface area (Å²) in [5.41, 5.74) is 0. The van der Waals surface area contributed by atoms with Crippen LogP contribution in [0.25, 0.3) is 0 Å². The second-order valence-corrected chi connectivity index (χ2v) is 2.64. The molecule has 1 heterocycles. The summed E-state index contributed by atoms with van der Waals surface area (Å²) in [6.45, 7) is 2.40. The Morgan fingerprint density at radius 1 is 1.67 bits per heavy atom. The number of hydrogen-bond acceptors (Lipinski definition) is 3. The predicted octanol–water partition coefficient (Wildman–Crippen LogP) is 1.24. The Labute approximate surface area is 64.1 Å². The van der Waals surface area contributed by atoms with Gasteiger partial charge in [0.2, 0.25) is 0 Å². The molecule has 1 rings (SSSR count). The van der Waals surface area contributed by atoms with Gasteiger partial charge in [-0.05, 0) is 18.7 Å². The van der Waals surface area contributed by atoms with E-state index in [4.69, 9.17) is 23.6 Å². The summed E-state index contributed by atoms with van der Waals surface area (Å²) < 4.78 is 2.95. The summed E-state index contributed by atoms with van der Waals surface area (Å²) in [4.78, 5) is 3.85. The van der Waals surface area contributed by atoms with Gasteiger partial charge in [-0.3, -0.25) is 9.41 Å². The zero-order chi connectivity index (χ0) is 6.85. The highest BCUT2D eigenvalue weighted by Crippen LogP contribution is 2.12. The van der Waals surface area contributed by atoms with E-state index in [0.29, 0.717) is 6.67 Å². The van der Waals surface area contributed by atoms with E-state index in [-0.39, 0.29) is 6.17 Å². The van der Waals surface area contributed by atoms with Crippen LogP contribution < -0.4 is 0 Å². The second-order valence-electron chi connectivity index (χ2n) is 1.82. The van der Waals surface area contributed by atoms with Crippen LogP contribution in [0.3, 0.4) is 0 Å². The third-order valence-electron chi connectivity index (χ3n) is 1.17. The molecular formula is C4H7Cl2N3. The first-order valence-electron chi connectivity index (χ1n) is 2.58. The van der Waals surface area contributed by atoms with Crippen molar-refractivity contribution in [3.05, 3.63) is 0 Å². The molecule has 52 valence electrons. The van der Waals surface area contributed by atoms with E-state index in [9.17, 15) is 0 Å². The third kappa shape index (κ3) is 1.47. The summed E-state index contributed by atoms with van der Waals surface area (Å²) in [5, 5.41) is 0. The minimum absolute atomic E-state index is 0.0193. The quantitative estimate of drug-likeness (QED) is 0.506. The minimum Gasteiger partial charge on any atom is -0.257 e. The first-order chi connectivity index (χ1) is 4.22. The number of hydrogen-bond donors (Lipinski definition) is 0. The zero-order valence-corrected chi connectivity index (χ0v) is 6.47. The van der Waals surface area contributed by atoms with Crippen LogP contribution in [0.15, 0.2) is 4.99 Å². The van der Waals surface area contributed by atoms with Crippen molar-refractivity contribution in [3.63, 3.8) is 0 Å². The van der Waals surface area contributed by atoms with Gasteiger partial charge < -0.3 is 0 Å². The zero-order valence-electron chi connectivity index (χ0n) is 4.96. The van der Waals surface area contributed by atoms with Crippen molar-refractivity contribution in [2.75, 3.05) is 6.67 Å². The highest BCUT2D eigenvalue weighted by molar-refractivity contribution is 6.20. The van der Waals surface area contributed by atoms with Gasteiger partial charge in [-0.1, -0.05) is 0 Å². The second kappa shape index (κ2) is 2.73. The number of halogens is 2. The summed E-state index contributed by atoms with van der Waals surface area (Å²) in [6.07, 6.45) is 1.58. The van der Waals surface area contributed by atoms with Crippen molar-refractivity contribution in [1.82, 2.24) is 8.84 Å². The monoisotopic (exact) mass is 167 g/mol. The van der Waals surface area contributed by atoms with E-state index in [1.807, 2.05) is 6.92 Å². The average molecular weight is 168 g/mol. The first kappa shape index (κ1) is 7.12. The molecular weight excluding hydrogens is 161 g/mol. The smallest absolute Gasteiger partial charge is 0.112 e. The van der Waals surface area contributed by atoms with E-state index in [2.05, 4.69) is 4.99 Å². The highest BCUT2D eigenvalue weighted by atomic mass is 35.5. The molecule has 0 aromatic carbocycles. The Bertz CT molecular complexity index is 127. The van der Waals surface area contributed by atoms with E-state index in [1.165, 1.54) is 8.84 Å². The fourth-order valence-electron chi connectivity index (χ4n) is 0.527. The van der Waals surface area contributed by atoms with Crippen LogP contribution >= 0.6 is 23.6 Å². The van der Waals surface area contributed by atoms with Crippen LogP contribution in [0.5, 0.6) is 0 Å². The topological polar surface area (TPSA) is 18.8 Å². The minimum atomic E-state index is 0.0193. The van der Waals surface area contributed by atoms with Crippen molar-refractivity contribution in [2.24, 2.45) is 4.99 Å². The summed E-state index contributed by atoms with van der Waals surface area (Å²) in [5.74, 6) is 0. The molecule has 0 bridgehead atoms. The van der Waals surface area contributed by atoms with Gasteiger partial charge in [-0.2, -0.15) is 4.42 Å². The first-order valence-corrected chi connectivity index (χ1v) is 3.26. The molecule has 0 fully saturated rings. The molecule has 0 spiro atoms. The van der Waals surface area contributed by atoms with Crippen molar-refractivity contribution in [1.29, 1.82) is 0 Å². The normalized spacial score (nSPS) is 29.2. The van der Waals surface area contributed by atoms with Gasteiger partial charge in [-0.15, -0.1) is 0 Å². The van der Waals surface area contributed by atoms with Crippen molar-refractivity contribution in [2.45, 2.75) is 13.1 Å². The Morgan fingerprint density at radius 3 is 2.78 bits per heavy atom. The molecule has 0 saturated heterocycles. The van der Waals surface area contributed by atoms with Crippen molar-refractivity contribution >= 4 is 29.9 Å². The standard InChI is InChI=1S/C4H7Cl2N3/c1-4-8(5)2-7-3-9(4)6/h2,4H,3H2,1H3/t4-/m1/s1. The maximum Gasteiger partial charge on any atom is 0.112 e. The van der Waals surface area contributed by atoms with Crippen molar-refractivity contribution in [3.8, 4) is 0 Å². The van der Waals surface area contributed by atoms with Crippen molar-refractivity contribution < 1.29 is 0 Å². The van der Waals surface area contributed by atoms with Gasteiger partial charge in [0.25, 0.3) is 0 Å². The molecule has 1 aliphatic rings. The van der Waals surface area contributed by atoms with Gasteiger partial charge in [0.15, 0.2) is 0 Å². The molecule has 0 aromatic rings. The lowest BCUT2D eigenvalue weighted by Gasteiger charge is -2.28. The van der Waals surface area contributed by atoms with Crippen LogP contribution in [0, 0.1) is 0 Å². The van der Waals surface area contributed by atoms with E-state index < -0.39 is 0 Å². The molecule has 0 amide bonds. The predicted molar refractivity (Wildman–Crippen MR) is 38.2 cm³/mol. The lowest BCUT2D eigenvalue weighted by Crippen LogP contribution is -2.39. The molecule has 0 radical (unpaired) electrons. The van der Waals surface area contributed by atoms with E-state index >= 15 is 0 Å². The fourth-order valence-corrected chi connectivity index (χ4v) is 0.894. The van der Waals surface area contributed by atoms with Gasteiger partial charge in [0.05, 0.1) is 0 Å². The van der Waals surface area contributed by atoms with Crippen LogP contribution in [-0.4, -0.2) is 28.0 Å². The Morgan fingerprint density at radius 2 is 2.33 bits per heavy atom. The van der Waals surface area contributed by atoms with Gasteiger partial charge >= 0.3 is 0 Å². The summed E-state index contributed by atoms with van der Waals surface area (Å²) in [6, 6.07) is 0. The largest absolute Gasteiger partial charge is 0.257 e. The summed E-state index contributed by atoms with van der Waals surface area (Å²) >= 11 is 11.3. The van der Waals surface area contributed by atoms with Gasteiger partial charge in [0, 0.05) is 11.8 Å². The fraction of sp³-hybridized carbons (Fsp3) is 0.750. The van der Waals surface area contributed by atoms with Gasteiger partial charge in [0.1, 0.15) is 19.2 Å².